The highest BCUT2D eigenvalue weighted by Gasteiger charge is 2.38. The van der Waals surface area contributed by atoms with E-state index in [2.05, 4.69) is 15.7 Å². The molecule has 35 heavy (non-hydrogen) atoms. The van der Waals surface area contributed by atoms with Gasteiger partial charge in [-0.05, 0) is 36.6 Å². The molecule has 188 valence electrons. The Kier molecular flexibility index (Phi) is 9.06. The molecule has 3 atom stereocenters. The van der Waals surface area contributed by atoms with E-state index in [0.29, 0.717) is 17.1 Å². The first-order valence-electron chi connectivity index (χ1n) is 11.6. The van der Waals surface area contributed by atoms with Crippen LogP contribution in [-0.4, -0.2) is 57.0 Å². The van der Waals surface area contributed by atoms with E-state index in [-0.39, 0.29) is 24.0 Å². The van der Waals surface area contributed by atoms with Crippen molar-refractivity contribution in [2.24, 2.45) is 0 Å². The van der Waals surface area contributed by atoms with Crippen molar-refractivity contribution < 1.29 is 24.2 Å². The van der Waals surface area contributed by atoms with E-state index < -0.39 is 30.1 Å². The fourth-order valence-corrected chi connectivity index (χ4v) is 4.36. The summed E-state index contributed by atoms with van der Waals surface area (Å²) in [4.78, 5) is 36.8. The van der Waals surface area contributed by atoms with Crippen LogP contribution in [0.2, 0.25) is 5.02 Å². The summed E-state index contributed by atoms with van der Waals surface area (Å²) in [6.07, 6.45) is 5.30. The van der Waals surface area contributed by atoms with E-state index >= 15 is 0 Å². The molecule has 2 amide bonds. The molecule has 10 heteroatoms. The summed E-state index contributed by atoms with van der Waals surface area (Å²) in [5.74, 6) is -1.80. The third kappa shape index (κ3) is 7.16. The number of nitrogens with zero attached hydrogens (tertiary/aromatic N) is 2. The van der Waals surface area contributed by atoms with Crippen LogP contribution in [0.25, 0.3) is 0 Å². The number of benzene rings is 1. The molecular formula is C25H31ClN4O5. The number of rotatable bonds is 10. The first-order chi connectivity index (χ1) is 16.7. The number of carboxylic acids is 1. The van der Waals surface area contributed by atoms with Gasteiger partial charge in [0.05, 0.1) is 42.6 Å². The van der Waals surface area contributed by atoms with Gasteiger partial charge >= 0.3 is 5.97 Å². The van der Waals surface area contributed by atoms with Crippen LogP contribution in [0.3, 0.4) is 0 Å². The molecule has 0 fully saturated rings. The van der Waals surface area contributed by atoms with Crippen molar-refractivity contribution in [2.45, 2.75) is 70.9 Å². The van der Waals surface area contributed by atoms with Gasteiger partial charge in [0.2, 0.25) is 5.91 Å². The summed E-state index contributed by atoms with van der Waals surface area (Å²) in [7, 11) is 0. The molecule has 3 rings (SSSR count). The molecule has 1 aromatic heterocycles. The minimum absolute atomic E-state index is 0.0471. The van der Waals surface area contributed by atoms with Crippen molar-refractivity contribution in [3.8, 4) is 0 Å². The second-order valence-electron chi connectivity index (χ2n) is 8.60. The number of hydrogen-bond acceptors (Lipinski definition) is 5. The highest BCUT2D eigenvalue weighted by molar-refractivity contribution is 6.30. The standard InChI is InChI=1S/C25H31ClN4O5/c1-4-20(5-2)35-22-11-17(25(33)34)10-21(23(22)28-15(3)31)29-24(32)18-12-27-30(14-18)13-16-7-6-8-19(26)9-16/h6-9,11-12,14,20-23H,4-5,10,13H2,1-3H3,(H,28,31)(H,29,32)(H,33,34)/t21-,22+,23+/m0/s1. The average molecular weight is 503 g/mol. The van der Waals surface area contributed by atoms with Gasteiger partial charge in [-0.2, -0.15) is 5.10 Å². The van der Waals surface area contributed by atoms with Gasteiger partial charge in [0.15, 0.2) is 0 Å². The molecule has 0 saturated heterocycles. The van der Waals surface area contributed by atoms with Gasteiger partial charge in [-0.15, -0.1) is 0 Å². The molecule has 2 aromatic rings. The van der Waals surface area contributed by atoms with E-state index in [0.717, 1.165) is 18.4 Å². The van der Waals surface area contributed by atoms with Crippen LogP contribution in [0, 0.1) is 0 Å². The molecular weight excluding hydrogens is 472 g/mol. The van der Waals surface area contributed by atoms with E-state index in [1.807, 2.05) is 32.0 Å². The van der Waals surface area contributed by atoms with Gasteiger partial charge in [0.1, 0.15) is 0 Å². The van der Waals surface area contributed by atoms with E-state index in [1.165, 1.54) is 19.2 Å². The lowest BCUT2D eigenvalue weighted by Gasteiger charge is -2.38. The van der Waals surface area contributed by atoms with Crippen molar-refractivity contribution in [3.63, 3.8) is 0 Å². The fraction of sp³-hybridized carbons (Fsp3) is 0.440. The molecule has 1 aliphatic rings. The Morgan fingerprint density at radius 3 is 2.63 bits per heavy atom. The SMILES string of the molecule is CCC(CC)O[C@@H]1C=C(C(=O)O)C[C@H](NC(=O)c2cnn(Cc3cccc(Cl)c3)c2)[C@H]1NC(C)=O. The Balaban J connectivity index is 1.80. The maximum atomic E-state index is 13.1. The van der Waals surface area contributed by atoms with E-state index in [9.17, 15) is 19.5 Å². The molecule has 0 aliphatic heterocycles. The number of halogens is 1. The predicted molar refractivity (Wildman–Crippen MR) is 131 cm³/mol. The van der Waals surface area contributed by atoms with Gasteiger partial charge in [0.25, 0.3) is 5.91 Å². The Bertz CT molecular complexity index is 1100. The zero-order chi connectivity index (χ0) is 25.5. The summed E-state index contributed by atoms with van der Waals surface area (Å²) in [5.41, 5.74) is 1.38. The normalized spacial score (nSPS) is 19.8. The number of carboxylic acid groups (broad SMARTS) is 1. The third-order valence-electron chi connectivity index (χ3n) is 5.94. The van der Waals surface area contributed by atoms with Crippen LogP contribution >= 0.6 is 11.6 Å². The van der Waals surface area contributed by atoms with Gasteiger partial charge in [-0.3, -0.25) is 14.3 Å². The van der Waals surface area contributed by atoms with Gasteiger partial charge in [-0.1, -0.05) is 37.6 Å². The number of carbonyl (C=O) groups is 3. The monoisotopic (exact) mass is 502 g/mol. The topological polar surface area (TPSA) is 123 Å². The summed E-state index contributed by atoms with van der Waals surface area (Å²) in [5, 5.41) is 20.3. The summed E-state index contributed by atoms with van der Waals surface area (Å²) < 4.78 is 7.77. The molecule has 0 saturated carbocycles. The maximum Gasteiger partial charge on any atom is 0.331 e. The second-order valence-corrected chi connectivity index (χ2v) is 9.04. The Hall–Kier alpha value is -3.17. The maximum absolute atomic E-state index is 13.1. The Morgan fingerprint density at radius 1 is 1.26 bits per heavy atom. The van der Waals surface area contributed by atoms with Crippen LogP contribution in [0.5, 0.6) is 0 Å². The molecule has 1 aliphatic carbocycles. The van der Waals surface area contributed by atoms with Crippen molar-refractivity contribution >= 4 is 29.4 Å². The average Bonchev–Trinajstić information content (AvgIpc) is 3.27. The lowest BCUT2D eigenvalue weighted by atomic mass is 9.87. The Morgan fingerprint density at radius 2 is 2.00 bits per heavy atom. The van der Waals surface area contributed by atoms with Crippen LogP contribution in [-0.2, 0) is 20.9 Å². The molecule has 1 heterocycles. The summed E-state index contributed by atoms with van der Waals surface area (Å²) in [6, 6.07) is 6.05. The lowest BCUT2D eigenvalue weighted by molar-refractivity contribution is -0.133. The lowest BCUT2D eigenvalue weighted by Crippen LogP contribution is -2.59. The van der Waals surface area contributed by atoms with Crippen molar-refractivity contribution in [1.82, 2.24) is 20.4 Å². The summed E-state index contributed by atoms with van der Waals surface area (Å²) >= 11 is 6.04. The largest absolute Gasteiger partial charge is 0.478 e. The van der Waals surface area contributed by atoms with Gasteiger partial charge in [-0.25, -0.2) is 4.79 Å². The molecule has 0 spiro atoms. The summed E-state index contributed by atoms with van der Waals surface area (Å²) in [6.45, 7) is 5.77. The Labute approximate surface area is 209 Å². The van der Waals surface area contributed by atoms with Crippen molar-refractivity contribution in [1.29, 1.82) is 0 Å². The molecule has 3 N–H and O–H groups in total. The molecule has 0 unspecified atom stereocenters. The number of nitrogens with one attached hydrogen (secondary N) is 2. The zero-order valence-corrected chi connectivity index (χ0v) is 20.8. The van der Waals surface area contributed by atoms with Crippen LogP contribution in [0.15, 0.2) is 48.3 Å². The number of aliphatic carboxylic acids is 1. The number of aromatic nitrogens is 2. The quantitative estimate of drug-likeness (QED) is 0.458. The number of ether oxygens (including phenoxy) is 1. The van der Waals surface area contributed by atoms with Gasteiger partial charge in [0, 0.05) is 30.1 Å². The molecule has 0 radical (unpaired) electrons. The predicted octanol–water partition coefficient (Wildman–Crippen LogP) is 3.18. The van der Waals surface area contributed by atoms with Gasteiger partial charge < -0.3 is 20.5 Å². The van der Waals surface area contributed by atoms with E-state index in [1.54, 1.807) is 16.9 Å². The first-order valence-corrected chi connectivity index (χ1v) is 12.0. The molecule has 1 aromatic carbocycles. The van der Waals surface area contributed by atoms with Crippen LogP contribution in [0.1, 0.15) is 56.0 Å². The molecule has 0 bridgehead atoms. The number of carbonyl (C=O) groups excluding carboxylic acids is 2. The minimum Gasteiger partial charge on any atom is -0.478 e. The minimum atomic E-state index is -1.09. The highest BCUT2D eigenvalue weighted by atomic mass is 35.5. The van der Waals surface area contributed by atoms with Crippen LogP contribution < -0.4 is 10.6 Å². The third-order valence-corrected chi connectivity index (χ3v) is 6.18. The van der Waals surface area contributed by atoms with Crippen molar-refractivity contribution in [3.05, 3.63) is 64.5 Å². The van der Waals surface area contributed by atoms with E-state index in [4.69, 9.17) is 16.3 Å². The smallest absolute Gasteiger partial charge is 0.331 e. The second kappa shape index (κ2) is 12.0. The zero-order valence-electron chi connectivity index (χ0n) is 20.0. The van der Waals surface area contributed by atoms with Crippen molar-refractivity contribution in [2.75, 3.05) is 0 Å². The number of amides is 2. The van der Waals surface area contributed by atoms with Crippen LogP contribution in [0.4, 0.5) is 0 Å². The number of hydrogen-bond donors (Lipinski definition) is 3. The molecule has 9 nitrogen and oxygen atoms in total. The fourth-order valence-electron chi connectivity index (χ4n) is 4.15. The highest BCUT2D eigenvalue weighted by Crippen LogP contribution is 2.25. The first kappa shape index (κ1) is 26.4.